The van der Waals surface area contributed by atoms with Crippen molar-refractivity contribution in [1.29, 1.82) is 0 Å². The highest BCUT2D eigenvalue weighted by molar-refractivity contribution is 5.97. The van der Waals surface area contributed by atoms with Crippen LogP contribution in [0, 0.1) is 5.82 Å². The van der Waals surface area contributed by atoms with Gasteiger partial charge in [-0.1, -0.05) is 6.07 Å². The van der Waals surface area contributed by atoms with Gasteiger partial charge < -0.3 is 21.1 Å². The predicted molar refractivity (Wildman–Crippen MR) is 102 cm³/mol. The molecule has 0 aliphatic carbocycles. The Morgan fingerprint density at radius 1 is 1.36 bits per heavy atom. The van der Waals surface area contributed by atoms with Crippen LogP contribution in [0.25, 0.3) is 0 Å². The van der Waals surface area contributed by atoms with E-state index in [-0.39, 0.29) is 23.9 Å². The van der Waals surface area contributed by atoms with Gasteiger partial charge in [0.15, 0.2) is 0 Å². The van der Waals surface area contributed by atoms with Crippen molar-refractivity contribution in [3.05, 3.63) is 53.7 Å². The van der Waals surface area contributed by atoms with E-state index in [1.165, 1.54) is 19.4 Å². The lowest BCUT2D eigenvalue weighted by molar-refractivity contribution is 0.100. The van der Waals surface area contributed by atoms with E-state index in [2.05, 4.69) is 25.7 Å². The maximum Gasteiger partial charge on any atom is 0.254 e. The first-order chi connectivity index (χ1) is 13.5. The number of nitrogens with two attached hydrogens (primary N) is 1. The molecule has 0 aliphatic rings. The molecule has 4 N–H and O–H groups in total. The molecule has 0 fully saturated rings. The molecule has 1 aromatic carbocycles. The smallest absolute Gasteiger partial charge is 0.254 e. The van der Waals surface area contributed by atoms with Crippen LogP contribution in [0.2, 0.25) is 0 Å². The van der Waals surface area contributed by atoms with Crippen LogP contribution >= 0.6 is 0 Å². The quantitative estimate of drug-likeness (QED) is 0.544. The fourth-order valence-corrected chi connectivity index (χ4v) is 2.56. The van der Waals surface area contributed by atoms with Gasteiger partial charge in [-0.2, -0.15) is 10.1 Å². The lowest BCUT2D eigenvalue weighted by Gasteiger charge is -2.13. The Hall–Kier alpha value is -3.69. The summed E-state index contributed by atoms with van der Waals surface area (Å²) in [4.78, 5) is 20.1. The molecule has 3 rings (SSSR count). The van der Waals surface area contributed by atoms with Crippen molar-refractivity contribution < 1.29 is 13.9 Å². The Morgan fingerprint density at radius 2 is 2.18 bits per heavy atom. The number of ether oxygens (including phenoxy) is 1. The van der Waals surface area contributed by atoms with Crippen molar-refractivity contribution in [2.75, 3.05) is 17.7 Å². The molecule has 0 spiro atoms. The Morgan fingerprint density at radius 3 is 2.86 bits per heavy atom. The van der Waals surface area contributed by atoms with E-state index in [0.29, 0.717) is 17.0 Å². The molecule has 2 heterocycles. The molecule has 3 aromatic rings. The zero-order chi connectivity index (χ0) is 20.1. The highest BCUT2D eigenvalue weighted by Gasteiger charge is 2.15. The molecule has 0 bridgehead atoms. The number of primary amides is 1. The lowest BCUT2D eigenvalue weighted by atomic mass is 10.2. The minimum atomic E-state index is -0.701. The number of halogens is 1. The van der Waals surface area contributed by atoms with Gasteiger partial charge in [-0.05, 0) is 19.1 Å². The van der Waals surface area contributed by atoms with Gasteiger partial charge in [0.25, 0.3) is 5.91 Å². The normalized spacial score (nSPS) is 10.5. The largest absolute Gasteiger partial charge is 0.496 e. The van der Waals surface area contributed by atoms with Gasteiger partial charge in [-0.15, -0.1) is 0 Å². The number of carbonyl (C=O) groups is 1. The van der Waals surface area contributed by atoms with Gasteiger partial charge in [0, 0.05) is 31.0 Å². The number of aromatic nitrogens is 4. The highest BCUT2D eigenvalue weighted by atomic mass is 19.1. The van der Waals surface area contributed by atoms with Crippen LogP contribution in [0.1, 0.15) is 22.8 Å². The second-order valence-corrected chi connectivity index (χ2v) is 5.80. The van der Waals surface area contributed by atoms with Gasteiger partial charge in [-0.3, -0.25) is 9.48 Å². The fraction of sp³-hybridized carbons (Fsp3) is 0.222. The van der Waals surface area contributed by atoms with Gasteiger partial charge in [0.2, 0.25) is 5.95 Å². The van der Waals surface area contributed by atoms with Crippen LogP contribution < -0.4 is 21.1 Å². The van der Waals surface area contributed by atoms with Gasteiger partial charge in [0.1, 0.15) is 17.4 Å². The minimum Gasteiger partial charge on any atom is -0.496 e. The van der Waals surface area contributed by atoms with Gasteiger partial charge in [-0.25, -0.2) is 9.37 Å². The van der Waals surface area contributed by atoms with Crippen LogP contribution in [0.4, 0.5) is 21.8 Å². The summed E-state index contributed by atoms with van der Waals surface area (Å²) in [5, 5.41) is 10.1. The summed E-state index contributed by atoms with van der Waals surface area (Å²) in [5.41, 5.74) is 6.48. The summed E-state index contributed by atoms with van der Waals surface area (Å²) in [7, 11) is 1.45. The van der Waals surface area contributed by atoms with E-state index in [0.717, 1.165) is 6.54 Å². The highest BCUT2D eigenvalue weighted by Crippen LogP contribution is 2.23. The van der Waals surface area contributed by atoms with Crippen LogP contribution in [0.5, 0.6) is 5.75 Å². The van der Waals surface area contributed by atoms with Crippen LogP contribution in [0.15, 0.2) is 36.8 Å². The number of methoxy groups -OCH3 is 1. The Balaban J connectivity index is 1.85. The van der Waals surface area contributed by atoms with Crippen molar-refractivity contribution in [1.82, 2.24) is 19.7 Å². The molecule has 0 aliphatic heterocycles. The van der Waals surface area contributed by atoms with Gasteiger partial charge in [0.05, 0.1) is 24.6 Å². The SMILES string of the molecule is CCn1cc(Nc2ncc(C(N)=O)c(NCc3c(F)cccc3OC)n2)cn1. The number of anilines is 3. The zero-order valence-electron chi connectivity index (χ0n) is 15.4. The van der Waals surface area contributed by atoms with E-state index < -0.39 is 11.7 Å². The third-order valence-electron chi connectivity index (χ3n) is 4.00. The number of amides is 1. The first-order valence-corrected chi connectivity index (χ1v) is 8.53. The van der Waals surface area contributed by atoms with Crippen molar-refractivity contribution in [3.63, 3.8) is 0 Å². The molecular formula is C18H20FN7O2. The monoisotopic (exact) mass is 385 g/mol. The number of rotatable bonds is 8. The molecule has 146 valence electrons. The lowest BCUT2D eigenvalue weighted by Crippen LogP contribution is -2.17. The molecule has 2 aromatic heterocycles. The van der Waals surface area contributed by atoms with E-state index in [1.54, 1.807) is 29.2 Å². The van der Waals surface area contributed by atoms with E-state index in [1.807, 2.05) is 6.92 Å². The summed E-state index contributed by atoms with van der Waals surface area (Å²) < 4.78 is 21.1. The maximum absolute atomic E-state index is 14.1. The molecule has 10 heteroatoms. The molecule has 28 heavy (non-hydrogen) atoms. The van der Waals surface area contributed by atoms with Crippen LogP contribution in [-0.4, -0.2) is 32.8 Å². The molecular weight excluding hydrogens is 365 g/mol. The third kappa shape index (κ3) is 4.17. The number of hydrogen-bond acceptors (Lipinski definition) is 7. The average Bonchev–Trinajstić information content (AvgIpc) is 3.14. The van der Waals surface area contributed by atoms with Crippen molar-refractivity contribution >= 4 is 23.4 Å². The Labute approximate surface area is 160 Å². The topological polar surface area (TPSA) is 120 Å². The molecule has 0 saturated heterocycles. The van der Waals surface area contributed by atoms with Crippen molar-refractivity contribution in [3.8, 4) is 5.75 Å². The first-order valence-electron chi connectivity index (χ1n) is 8.53. The predicted octanol–water partition coefficient (Wildman–Crippen LogP) is 2.30. The fourth-order valence-electron chi connectivity index (χ4n) is 2.56. The van der Waals surface area contributed by atoms with Crippen LogP contribution in [-0.2, 0) is 13.1 Å². The molecule has 9 nitrogen and oxygen atoms in total. The van der Waals surface area contributed by atoms with E-state index in [4.69, 9.17) is 10.5 Å². The molecule has 0 atom stereocenters. The van der Waals surface area contributed by atoms with Crippen molar-refractivity contribution in [2.45, 2.75) is 20.0 Å². The summed E-state index contributed by atoms with van der Waals surface area (Å²) in [6.07, 6.45) is 4.73. The van der Waals surface area contributed by atoms with E-state index in [9.17, 15) is 9.18 Å². The minimum absolute atomic E-state index is 0.0420. The molecule has 0 unspecified atom stereocenters. The first kappa shape index (κ1) is 19.1. The summed E-state index contributed by atoms with van der Waals surface area (Å²) >= 11 is 0. The number of benzene rings is 1. The second-order valence-electron chi connectivity index (χ2n) is 5.80. The summed E-state index contributed by atoms with van der Waals surface area (Å²) in [6, 6.07) is 4.52. The molecule has 1 amide bonds. The summed E-state index contributed by atoms with van der Waals surface area (Å²) in [5.74, 6) is -0.338. The second kappa shape index (κ2) is 8.33. The number of nitrogens with zero attached hydrogens (tertiary/aromatic N) is 4. The maximum atomic E-state index is 14.1. The van der Waals surface area contributed by atoms with Crippen LogP contribution in [0.3, 0.4) is 0 Å². The van der Waals surface area contributed by atoms with Gasteiger partial charge >= 0.3 is 0 Å². The van der Waals surface area contributed by atoms with Crippen molar-refractivity contribution in [2.24, 2.45) is 5.73 Å². The molecule has 0 radical (unpaired) electrons. The van der Waals surface area contributed by atoms with E-state index >= 15 is 0 Å². The number of carbonyl (C=O) groups excluding carboxylic acids is 1. The standard InChI is InChI=1S/C18H20FN7O2/c1-3-26-10-11(7-23-26)24-18-22-9-13(16(20)27)17(25-18)21-8-12-14(19)5-4-6-15(12)28-2/h4-7,9-10H,3,8H2,1-2H3,(H2,20,27)(H2,21,22,24,25). The molecule has 0 saturated carbocycles. The number of nitrogens with one attached hydrogen (secondary N) is 2. The third-order valence-corrected chi connectivity index (χ3v) is 4.00. The zero-order valence-corrected chi connectivity index (χ0v) is 15.4. The Bertz CT molecular complexity index is 990. The number of hydrogen-bond donors (Lipinski definition) is 3. The average molecular weight is 385 g/mol. The summed E-state index contributed by atoms with van der Waals surface area (Å²) in [6.45, 7) is 2.73. The Kier molecular flexibility index (Phi) is 5.68. The number of aryl methyl sites for hydroxylation is 1.